The van der Waals surface area contributed by atoms with Gasteiger partial charge in [-0.2, -0.15) is 15.0 Å². The quantitative estimate of drug-likeness (QED) is 0.419. The molecule has 0 spiro atoms. The normalized spacial score (nSPS) is 18.5. The van der Waals surface area contributed by atoms with E-state index in [1.807, 2.05) is 0 Å². The molecule has 13 heteroatoms. The van der Waals surface area contributed by atoms with E-state index in [9.17, 15) is 4.39 Å². The van der Waals surface area contributed by atoms with Crippen LogP contribution in [0.25, 0.3) is 5.69 Å². The molecule has 33 heavy (non-hydrogen) atoms. The highest BCUT2D eigenvalue weighted by atomic mass is 35.5. The van der Waals surface area contributed by atoms with Gasteiger partial charge in [0.2, 0.25) is 5.95 Å². The summed E-state index contributed by atoms with van der Waals surface area (Å²) < 4.78 is 21.4. The highest BCUT2D eigenvalue weighted by Crippen LogP contribution is 2.28. The van der Waals surface area contributed by atoms with Crippen LogP contribution >= 0.6 is 11.6 Å². The van der Waals surface area contributed by atoms with E-state index in [1.54, 1.807) is 29.5 Å². The third-order valence-corrected chi connectivity index (χ3v) is 5.69. The van der Waals surface area contributed by atoms with Gasteiger partial charge in [-0.05, 0) is 42.3 Å². The molecular weight excluding hydrogens is 451 g/mol. The monoisotopic (exact) mass is 470 g/mol. The van der Waals surface area contributed by atoms with Crippen LogP contribution in [0.3, 0.4) is 0 Å². The largest absolute Gasteiger partial charge is 0.484 e. The first-order valence-electron chi connectivity index (χ1n) is 10.4. The van der Waals surface area contributed by atoms with Gasteiger partial charge in [0.15, 0.2) is 11.6 Å². The summed E-state index contributed by atoms with van der Waals surface area (Å²) >= 11 is 5.89. The van der Waals surface area contributed by atoms with Gasteiger partial charge in [0, 0.05) is 18.7 Å². The van der Waals surface area contributed by atoms with E-state index in [4.69, 9.17) is 16.3 Å². The molecule has 0 aliphatic carbocycles. The van der Waals surface area contributed by atoms with Crippen LogP contribution in [-0.2, 0) is 6.61 Å². The minimum absolute atomic E-state index is 0.105. The van der Waals surface area contributed by atoms with Gasteiger partial charge in [-0.1, -0.05) is 11.6 Å². The number of rotatable bonds is 6. The maximum absolute atomic E-state index is 14.4. The van der Waals surface area contributed by atoms with Crippen molar-refractivity contribution in [2.45, 2.75) is 38.5 Å². The van der Waals surface area contributed by atoms with Crippen LogP contribution in [0, 0.1) is 5.82 Å². The van der Waals surface area contributed by atoms with Gasteiger partial charge in [0.25, 0.3) is 0 Å². The minimum Gasteiger partial charge on any atom is -0.484 e. The summed E-state index contributed by atoms with van der Waals surface area (Å²) in [5.74, 6) is 0.272. The molecular formula is C20H20ClFN10O. The van der Waals surface area contributed by atoms with Crippen LogP contribution in [0.2, 0.25) is 5.02 Å². The van der Waals surface area contributed by atoms with Crippen molar-refractivity contribution in [3.8, 4) is 11.4 Å². The smallest absolute Gasteiger partial charge is 0.225 e. The predicted molar refractivity (Wildman–Crippen MR) is 116 cm³/mol. The second kappa shape index (κ2) is 9.06. The molecule has 1 aromatic carbocycles. The Morgan fingerprint density at radius 1 is 1.21 bits per heavy atom. The van der Waals surface area contributed by atoms with Crippen LogP contribution in [0.5, 0.6) is 5.75 Å². The van der Waals surface area contributed by atoms with E-state index < -0.39 is 5.82 Å². The number of benzene rings is 1. The number of hydrogen-bond acceptors (Lipinski definition) is 9. The van der Waals surface area contributed by atoms with Crippen LogP contribution < -0.4 is 9.64 Å². The molecule has 1 aliphatic heterocycles. The van der Waals surface area contributed by atoms with Crippen molar-refractivity contribution in [2.75, 3.05) is 11.4 Å². The van der Waals surface area contributed by atoms with Crippen molar-refractivity contribution in [3.63, 3.8) is 0 Å². The number of nitrogens with zero attached hydrogens (tertiary/aromatic N) is 10. The molecule has 1 saturated heterocycles. The average molecular weight is 471 g/mol. The fourth-order valence-electron chi connectivity index (χ4n) is 3.84. The number of hydrogen-bond donors (Lipinski definition) is 0. The first-order chi connectivity index (χ1) is 16.1. The summed E-state index contributed by atoms with van der Waals surface area (Å²) in [7, 11) is 0. The lowest BCUT2D eigenvalue weighted by Gasteiger charge is -2.37. The molecule has 4 aromatic rings. The Kier molecular flexibility index (Phi) is 5.82. The molecule has 3 aromatic heterocycles. The average Bonchev–Trinajstić information content (AvgIpc) is 3.52. The summed E-state index contributed by atoms with van der Waals surface area (Å²) in [6.07, 6.45) is 7.93. The molecule has 11 nitrogen and oxygen atoms in total. The number of tetrazole rings is 1. The predicted octanol–water partition coefficient (Wildman–Crippen LogP) is 2.65. The fraction of sp³-hybridized carbons (Fsp3) is 0.350. The van der Waals surface area contributed by atoms with Gasteiger partial charge in [0.05, 0.1) is 35.3 Å². The SMILES string of the molecule is CC1CC(n2ncc(COc3ccc(-n4cnnn4)cc3F)n2)CCN1c1ncc(Cl)cn1. The molecule has 2 unspecified atom stereocenters. The van der Waals surface area contributed by atoms with Crippen molar-refractivity contribution in [1.29, 1.82) is 0 Å². The van der Waals surface area contributed by atoms with Crippen molar-refractivity contribution >= 4 is 17.5 Å². The Bertz CT molecular complexity index is 1220. The van der Waals surface area contributed by atoms with E-state index in [2.05, 4.69) is 47.5 Å². The lowest BCUT2D eigenvalue weighted by molar-refractivity contribution is 0.273. The van der Waals surface area contributed by atoms with E-state index in [0.717, 1.165) is 19.4 Å². The van der Waals surface area contributed by atoms with Gasteiger partial charge in [0.1, 0.15) is 18.6 Å². The Labute approximate surface area is 193 Å². The summed E-state index contributed by atoms with van der Waals surface area (Å²) in [6.45, 7) is 3.01. The number of anilines is 1. The van der Waals surface area contributed by atoms with Gasteiger partial charge in [-0.3, -0.25) is 0 Å². The van der Waals surface area contributed by atoms with E-state index in [0.29, 0.717) is 22.4 Å². The summed E-state index contributed by atoms with van der Waals surface area (Å²) in [6, 6.07) is 4.87. The Morgan fingerprint density at radius 3 is 2.79 bits per heavy atom. The van der Waals surface area contributed by atoms with Crippen molar-refractivity contribution in [3.05, 3.63) is 59.7 Å². The van der Waals surface area contributed by atoms with Crippen LogP contribution in [0.1, 0.15) is 31.5 Å². The van der Waals surface area contributed by atoms with E-state index in [-0.39, 0.29) is 24.4 Å². The molecule has 4 heterocycles. The van der Waals surface area contributed by atoms with Gasteiger partial charge < -0.3 is 9.64 Å². The Hall–Kier alpha value is -3.67. The number of piperidine rings is 1. The molecule has 0 radical (unpaired) electrons. The molecule has 0 N–H and O–H groups in total. The maximum atomic E-state index is 14.4. The van der Waals surface area contributed by atoms with Crippen LogP contribution in [-0.4, -0.2) is 57.8 Å². The number of aromatic nitrogens is 9. The van der Waals surface area contributed by atoms with Gasteiger partial charge >= 0.3 is 0 Å². The van der Waals surface area contributed by atoms with Gasteiger partial charge in [-0.15, -0.1) is 5.10 Å². The first kappa shape index (κ1) is 21.2. The minimum atomic E-state index is -0.513. The summed E-state index contributed by atoms with van der Waals surface area (Å²) in [5.41, 5.74) is 1.12. The van der Waals surface area contributed by atoms with E-state index >= 15 is 0 Å². The Morgan fingerprint density at radius 2 is 2.06 bits per heavy atom. The summed E-state index contributed by atoms with van der Waals surface area (Å²) in [4.78, 5) is 12.5. The zero-order chi connectivity index (χ0) is 22.8. The standard InChI is InChI=1S/C20H20ClFN10O/c1-13-6-17(4-5-30(13)20-23-8-14(21)9-24-20)32-26-10-15(27-32)11-33-19-3-2-16(7-18(19)22)31-12-25-28-29-31/h2-3,7-10,12-13,17H,4-6,11H2,1H3. The van der Waals surface area contributed by atoms with Crippen molar-refractivity contribution < 1.29 is 9.13 Å². The maximum Gasteiger partial charge on any atom is 0.225 e. The summed E-state index contributed by atoms with van der Waals surface area (Å²) in [5, 5.41) is 20.3. The van der Waals surface area contributed by atoms with E-state index in [1.165, 1.54) is 23.1 Å². The highest BCUT2D eigenvalue weighted by molar-refractivity contribution is 6.30. The highest BCUT2D eigenvalue weighted by Gasteiger charge is 2.29. The zero-order valence-electron chi connectivity index (χ0n) is 17.7. The zero-order valence-corrected chi connectivity index (χ0v) is 18.4. The fourth-order valence-corrected chi connectivity index (χ4v) is 3.94. The third-order valence-electron chi connectivity index (χ3n) is 5.50. The number of halogens is 2. The molecule has 0 amide bonds. The first-order valence-corrected chi connectivity index (χ1v) is 10.8. The third kappa shape index (κ3) is 4.60. The molecule has 1 aliphatic rings. The van der Waals surface area contributed by atoms with Crippen molar-refractivity contribution in [2.24, 2.45) is 0 Å². The molecule has 0 saturated carbocycles. The Balaban J connectivity index is 1.19. The molecule has 2 atom stereocenters. The second-order valence-corrected chi connectivity index (χ2v) is 8.17. The lowest BCUT2D eigenvalue weighted by atomic mass is 9.99. The van der Waals surface area contributed by atoms with Crippen LogP contribution in [0.15, 0.2) is 43.1 Å². The van der Waals surface area contributed by atoms with Crippen molar-refractivity contribution in [1.82, 2.24) is 45.2 Å². The molecule has 170 valence electrons. The second-order valence-electron chi connectivity index (χ2n) is 7.74. The topological polar surface area (TPSA) is 113 Å². The van der Waals surface area contributed by atoms with Crippen LogP contribution in [0.4, 0.5) is 10.3 Å². The molecule has 0 bridgehead atoms. The molecule has 5 rings (SSSR count). The number of ether oxygens (including phenoxy) is 1. The molecule has 1 fully saturated rings. The van der Waals surface area contributed by atoms with Gasteiger partial charge in [-0.25, -0.2) is 19.0 Å². The lowest BCUT2D eigenvalue weighted by Crippen LogP contribution is -2.42.